The van der Waals surface area contributed by atoms with Crippen molar-refractivity contribution in [2.75, 3.05) is 0 Å². The van der Waals surface area contributed by atoms with Crippen LogP contribution in [-0.4, -0.2) is 26.9 Å². The molecule has 1 N–H and O–H groups in total. The van der Waals surface area contributed by atoms with Crippen molar-refractivity contribution in [3.63, 3.8) is 0 Å². The predicted molar refractivity (Wildman–Crippen MR) is 98.7 cm³/mol. The number of hydrogen-bond donors (Lipinski definition) is 1. The molecule has 7 heteroatoms. The number of aliphatic hydroxyl groups excluding tert-OH is 1. The van der Waals surface area contributed by atoms with Crippen molar-refractivity contribution in [2.24, 2.45) is 0 Å². The van der Waals surface area contributed by atoms with E-state index in [0.717, 1.165) is 5.56 Å². The fourth-order valence-electron chi connectivity index (χ4n) is 3.55. The SMILES string of the molecule is CCC1Cc2c(ccnc2F)C(C)N1C(=O)C(O)c1ccc(Cl)c(Cl)c1. The highest BCUT2D eigenvalue weighted by atomic mass is 35.5. The van der Waals surface area contributed by atoms with Gasteiger partial charge in [0, 0.05) is 17.8 Å². The first-order valence-corrected chi connectivity index (χ1v) is 9.19. The lowest BCUT2D eigenvalue weighted by Gasteiger charge is -2.42. The van der Waals surface area contributed by atoms with Crippen molar-refractivity contribution in [3.05, 3.63) is 63.1 Å². The maximum Gasteiger partial charge on any atom is 0.256 e. The van der Waals surface area contributed by atoms with Gasteiger partial charge in [-0.3, -0.25) is 4.79 Å². The van der Waals surface area contributed by atoms with E-state index >= 15 is 0 Å². The van der Waals surface area contributed by atoms with Gasteiger partial charge in [0.05, 0.1) is 16.1 Å². The lowest BCUT2D eigenvalue weighted by atomic mass is 9.88. The minimum absolute atomic E-state index is 0.221. The van der Waals surface area contributed by atoms with Gasteiger partial charge >= 0.3 is 0 Å². The molecule has 1 aliphatic heterocycles. The van der Waals surface area contributed by atoms with Gasteiger partial charge in [-0.05, 0) is 49.1 Å². The van der Waals surface area contributed by atoms with Crippen molar-refractivity contribution in [2.45, 2.75) is 44.9 Å². The van der Waals surface area contributed by atoms with Gasteiger partial charge in [0.2, 0.25) is 5.95 Å². The lowest BCUT2D eigenvalue weighted by Crippen LogP contribution is -2.48. The number of hydrogen-bond acceptors (Lipinski definition) is 3. The fourth-order valence-corrected chi connectivity index (χ4v) is 3.86. The lowest BCUT2D eigenvalue weighted by molar-refractivity contribution is -0.146. The Hall–Kier alpha value is -1.69. The molecule has 2 heterocycles. The number of amides is 1. The molecule has 1 aliphatic rings. The molecule has 3 rings (SSSR count). The maximum absolute atomic E-state index is 14.1. The van der Waals surface area contributed by atoms with Crippen LogP contribution in [0, 0.1) is 5.95 Å². The van der Waals surface area contributed by atoms with E-state index < -0.39 is 18.0 Å². The molecule has 0 bridgehead atoms. The summed E-state index contributed by atoms with van der Waals surface area (Å²) in [7, 11) is 0. The Kier molecular flexibility index (Phi) is 5.51. The molecule has 1 amide bonds. The highest BCUT2D eigenvalue weighted by molar-refractivity contribution is 6.42. The first-order chi connectivity index (χ1) is 12.3. The standard InChI is InChI=1S/C19H19Cl2FN2O2/c1-3-12-9-14-13(6-7-23-18(14)22)10(2)24(12)19(26)17(25)11-4-5-15(20)16(21)8-11/h4-8,10,12,17,25H,3,9H2,1-2H3. The quantitative estimate of drug-likeness (QED) is 0.777. The normalized spacial score (nSPS) is 20.6. The number of carbonyl (C=O) groups excluding carboxylic acids is 1. The van der Waals surface area contributed by atoms with E-state index in [1.165, 1.54) is 12.3 Å². The third-order valence-electron chi connectivity index (χ3n) is 4.96. The van der Waals surface area contributed by atoms with Crippen LogP contribution in [-0.2, 0) is 11.2 Å². The third-order valence-corrected chi connectivity index (χ3v) is 5.70. The number of benzene rings is 1. The number of aromatic nitrogens is 1. The molecule has 1 aromatic heterocycles. The molecule has 0 saturated heterocycles. The van der Waals surface area contributed by atoms with Crippen LogP contribution in [0.1, 0.15) is 49.1 Å². The highest BCUT2D eigenvalue weighted by Gasteiger charge is 2.38. The highest BCUT2D eigenvalue weighted by Crippen LogP contribution is 2.37. The summed E-state index contributed by atoms with van der Waals surface area (Å²) in [4.78, 5) is 18.4. The zero-order chi connectivity index (χ0) is 19.0. The summed E-state index contributed by atoms with van der Waals surface area (Å²) < 4.78 is 14.1. The zero-order valence-electron chi connectivity index (χ0n) is 14.4. The summed E-state index contributed by atoms with van der Waals surface area (Å²) in [5.41, 5.74) is 1.63. The largest absolute Gasteiger partial charge is 0.378 e. The van der Waals surface area contributed by atoms with Crippen molar-refractivity contribution in [3.8, 4) is 0 Å². The van der Waals surface area contributed by atoms with Crippen LogP contribution in [0.4, 0.5) is 4.39 Å². The van der Waals surface area contributed by atoms with E-state index in [-0.39, 0.29) is 17.1 Å². The molecule has 26 heavy (non-hydrogen) atoms. The second kappa shape index (κ2) is 7.51. The topological polar surface area (TPSA) is 53.4 Å². The second-order valence-electron chi connectivity index (χ2n) is 6.43. The first kappa shape index (κ1) is 19.1. The van der Waals surface area contributed by atoms with Crippen molar-refractivity contribution >= 4 is 29.1 Å². The molecule has 3 atom stereocenters. The van der Waals surface area contributed by atoms with Gasteiger partial charge in [-0.25, -0.2) is 4.98 Å². The van der Waals surface area contributed by atoms with Gasteiger partial charge in [-0.1, -0.05) is 36.2 Å². The van der Waals surface area contributed by atoms with Gasteiger partial charge < -0.3 is 10.0 Å². The first-order valence-electron chi connectivity index (χ1n) is 8.43. The number of fused-ring (bicyclic) bond motifs is 1. The van der Waals surface area contributed by atoms with Gasteiger partial charge in [0.25, 0.3) is 5.91 Å². The molecule has 4 nitrogen and oxygen atoms in total. The van der Waals surface area contributed by atoms with Crippen molar-refractivity contribution < 1.29 is 14.3 Å². The maximum atomic E-state index is 14.1. The number of halogens is 3. The minimum Gasteiger partial charge on any atom is -0.378 e. The van der Waals surface area contributed by atoms with Gasteiger partial charge in [-0.15, -0.1) is 0 Å². The van der Waals surface area contributed by atoms with Crippen molar-refractivity contribution in [1.82, 2.24) is 9.88 Å². The summed E-state index contributed by atoms with van der Waals surface area (Å²) in [6.45, 7) is 3.77. The molecule has 0 spiro atoms. The fraction of sp³-hybridized carbons (Fsp3) is 0.368. The molecule has 0 aliphatic carbocycles. The van der Waals surface area contributed by atoms with Crippen LogP contribution in [0.3, 0.4) is 0 Å². The third kappa shape index (κ3) is 3.31. The molecular weight excluding hydrogens is 378 g/mol. The Morgan fingerprint density at radius 1 is 1.38 bits per heavy atom. The van der Waals surface area contributed by atoms with Gasteiger partial charge in [0.1, 0.15) is 0 Å². The zero-order valence-corrected chi connectivity index (χ0v) is 15.9. The molecule has 1 aromatic carbocycles. The number of nitrogens with zero attached hydrogens (tertiary/aromatic N) is 2. The van der Waals surface area contributed by atoms with E-state index in [1.807, 2.05) is 13.8 Å². The molecule has 0 fully saturated rings. The smallest absolute Gasteiger partial charge is 0.256 e. The monoisotopic (exact) mass is 396 g/mol. The molecule has 0 radical (unpaired) electrons. The predicted octanol–water partition coefficient (Wildman–Crippen LogP) is 4.49. The number of carbonyl (C=O) groups is 1. The Labute approximate surface area is 161 Å². The summed E-state index contributed by atoms with van der Waals surface area (Å²) in [5, 5.41) is 11.2. The average Bonchev–Trinajstić information content (AvgIpc) is 2.63. The van der Waals surface area contributed by atoms with Crippen LogP contribution in [0.15, 0.2) is 30.5 Å². The van der Waals surface area contributed by atoms with E-state index in [4.69, 9.17) is 23.2 Å². The molecule has 138 valence electrons. The summed E-state index contributed by atoms with van der Waals surface area (Å²) in [6.07, 6.45) is 1.04. The van der Waals surface area contributed by atoms with E-state index in [0.29, 0.717) is 29.0 Å². The van der Waals surface area contributed by atoms with Gasteiger partial charge in [0.15, 0.2) is 6.10 Å². The Bertz CT molecular complexity index is 846. The van der Waals surface area contributed by atoms with E-state index in [9.17, 15) is 14.3 Å². The Morgan fingerprint density at radius 3 is 2.77 bits per heavy atom. The Morgan fingerprint density at radius 2 is 2.12 bits per heavy atom. The summed E-state index contributed by atoms with van der Waals surface area (Å²) >= 11 is 11.9. The number of pyridine rings is 1. The van der Waals surface area contributed by atoms with Crippen LogP contribution >= 0.6 is 23.2 Å². The number of rotatable bonds is 3. The van der Waals surface area contributed by atoms with Crippen LogP contribution < -0.4 is 0 Å². The van der Waals surface area contributed by atoms with Crippen LogP contribution in [0.2, 0.25) is 10.0 Å². The molecular formula is C19H19Cl2FN2O2. The average molecular weight is 397 g/mol. The summed E-state index contributed by atoms with van der Waals surface area (Å²) in [6, 6.07) is 5.74. The van der Waals surface area contributed by atoms with E-state index in [1.54, 1.807) is 23.1 Å². The molecule has 3 unspecified atom stereocenters. The minimum atomic E-state index is -1.37. The van der Waals surface area contributed by atoms with Crippen molar-refractivity contribution in [1.29, 1.82) is 0 Å². The number of aliphatic hydroxyl groups is 1. The van der Waals surface area contributed by atoms with Crippen LogP contribution in [0.5, 0.6) is 0 Å². The summed E-state index contributed by atoms with van der Waals surface area (Å²) in [5.74, 6) is -0.935. The Balaban J connectivity index is 1.95. The van der Waals surface area contributed by atoms with Crippen LogP contribution in [0.25, 0.3) is 0 Å². The molecule has 2 aromatic rings. The van der Waals surface area contributed by atoms with E-state index in [2.05, 4.69) is 4.98 Å². The molecule has 0 saturated carbocycles. The second-order valence-corrected chi connectivity index (χ2v) is 7.25. The van der Waals surface area contributed by atoms with Gasteiger partial charge in [-0.2, -0.15) is 4.39 Å².